The van der Waals surface area contributed by atoms with Gasteiger partial charge in [0.15, 0.2) is 0 Å². The van der Waals surface area contributed by atoms with Crippen molar-refractivity contribution in [2.45, 2.75) is 68.5 Å². The molecule has 26 nitrogen and oxygen atoms in total. The van der Waals surface area contributed by atoms with Crippen molar-refractivity contribution in [1.29, 1.82) is 0 Å². The summed E-state index contributed by atoms with van der Waals surface area (Å²) in [5.74, 6) is 2.89. The average molecular weight is 1200 g/mol. The molecule has 0 radical (unpaired) electrons. The first-order valence-electron chi connectivity index (χ1n) is 22.7. The average Bonchev–Trinajstić information content (AvgIpc) is 3.74. The number of hydrogen-bond donors (Lipinski definition) is 8. The molecule has 420 valence electrons. The van der Waals surface area contributed by atoms with Gasteiger partial charge in [-0.1, -0.05) is 79.3 Å². The minimum atomic E-state index is -5.89. The van der Waals surface area contributed by atoms with Crippen LogP contribution in [-0.2, 0) is 60.1 Å². The van der Waals surface area contributed by atoms with Gasteiger partial charge < -0.3 is 65.4 Å². The number of nitrogen functional groups attached to an aromatic ring is 1. The van der Waals surface area contributed by atoms with E-state index in [4.69, 9.17) is 49.5 Å². The predicted octanol–water partition coefficient (Wildman–Crippen LogP) is 5.25. The molecule has 0 spiro atoms. The van der Waals surface area contributed by atoms with Crippen LogP contribution in [0.5, 0.6) is 0 Å². The molecule has 1 aliphatic rings. The Labute approximate surface area is 453 Å². The third kappa shape index (κ3) is 22.2. The number of nitrogens with zero attached hydrogens (tertiary/aromatic N) is 2. The zero-order valence-electron chi connectivity index (χ0n) is 41.3. The molecule has 7 atom stereocenters. The van der Waals surface area contributed by atoms with E-state index in [0.29, 0.717) is 42.8 Å². The van der Waals surface area contributed by atoms with E-state index in [1.54, 1.807) is 47.2 Å². The lowest BCUT2D eigenvalue weighted by Crippen LogP contribution is -2.31. The minimum Gasteiger partial charge on any atom is -0.462 e. The fourth-order valence-corrected chi connectivity index (χ4v) is 13.4. The number of amides is 2. The lowest BCUT2D eigenvalue weighted by atomic mass is 10.0. The molecule has 1 aliphatic heterocycles. The van der Waals surface area contributed by atoms with Gasteiger partial charge in [0.25, 0.3) is 0 Å². The van der Waals surface area contributed by atoms with E-state index in [1.807, 2.05) is 26.4 Å². The van der Waals surface area contributed by atoms with E-state index in [0.717, 1.165) is 4.57 Å². The highest BCUT2D eigenvalue weighted by Gasteiger charge is 2.45. The van der Waals surface area contributed by atoms with Crippen LogP contribution in [0, 0.1) is 11.8 Å². The van der Waals surface area contributed by atoms with Crippen LogP contribution < -0.4 is 27.8 Å². The van der Waals surface area contributed by atoms with Gasteiger partial charge in [-0.3, -0.25) is 18.7 Å². The molecule has 2 aromatic carbocycles. The number of anilines is 2. The molecule has 4 rings (SSSR count). The lowest BCUT2D eigenvalue weighted by molar-refractivity contribution is -0.121. The Balaban J connectivity index is 1.37. The van der Waals surface area contributed by atoms with Crippen molar-refractivity contribution in [2.24, 2.45) is 5.73 Å². The van der Waals surface area contributed by atoms with Crippen molar-refractivity contribution in [3.63, 3.8) is 0 Å². The van der Waals surface area contributed by atoms with Gasteiger partial charge in [-0.15, -0.1) is 0 Å². The molecule has 1 saturated heterocycles. The normalized spacial score (nSPS) is 17.8. The number of phosphoric ester groups is 1. The molecular weight excluding hydrogens is 1140 g/mol. The monoisotopic (exact) mass is 1200 g/mol. The van der Waals surface area contributed by atoms with Crippen molar-refractivity contribution in [2.75, 3.05) is 76.3 Å². The maximum Gasteiger partial charge on any atom is 0.490 e. The largest absolute Gasteiger partial charge is 0.490 e. The molecule has 3 aromatic rings. The quantitative estimate of drug-likeness (QED) is 0.0134. The maximum atomic E-state index is 13.7. The number of benzene rings is 2. The molecule has 2 heterocycles. The Morgan fingerprint density at radius 3 is 2.25 bits per heavy atom. The molecule has 0 saturated carbocycles. The van der Waals surface area contributed by atoms with Crippen LogP contribution >= 0.6 is 66.6 Å². The summed E-state index contributed by atoms with van der Waals surface area (Å²) < 4.78 is 76.9. The predicted molar refractivity (Wildman–Crippen MR) is 286 cm³/mol. The van der Waals surface area contributed by atoms with Crippen molar-refractivity contribution in [1.82, 2.24) is 14.9 Å². The summed E-state index contributed by atoms with van der Waals surface area (Å²) in [6, 6.07) is 11.6. The van der Waals surface area contributed by atoms with Crippen molar-refractivity contribution < 1.29 is 89.3 Å². The summed E-state index contributed by atoms with van der Waals surface area (Å²) in [6.07, 6.45) is 1.20. The van der Waals surface area contributed by atoms with Crippen LogP contribution in [-0.4, -0.2) is 130 Å². The number of nitrogens with one attached hydrogen (secondary N) is 2. The number of rotatable bonds is 31. The molecule has 76 heavy (non-hydrogen) atoms. The highest BCUT2D eigenvalue weighted by Crippen LogP contribution is 2.66. The number of aromatic nitrogens is 2. The Morgan fingerprint density at radius 1 is 0.882 bits per heavy atom. The molecule has 0 aliphatic carbocycles. The van der Waals surface area contributed by atoms with Crippen LogP contribution in [0.1, 0.15) is 93.7 Å². The molecule has 33 heteroatoms. The Hall–Kier alpha value is -3.79. The first kappa shape index (κ1) is 64.7. The number of unbranched alkanes of at least 4 members (excludes halogenated alkanes) is 1. The van der Waals surface area contributed by atoms with E-state index in [9.17, 15) is 47.5 Å². The Kier molecular flexibility index (Phi) is 27.0. The van der Waals surface area contributed by atoms with Crippen LogP contribution in [0.15, 0.2) is 53.5 Å². The zero-order valence-corrected chi connectivity index (χ0v) is 47.3. The van der Waals surface area contributed by atoms with Crippen molar-refractivity contribution >= 4 is 102 Å². The molecular formula is C43H59N6O20P3S4. The second kappa shape index (κ2) is 31.7. The molecule has 0 bridgehead atoms. The van der Waals surface area contributed by atoms with Crippen LogP contribution in [0.4, 0.5) is 11.5 Å². The number of esters is 2. The number of ether oxygens (including phenoxy) is 5. The van der Waals surface area contributed by atoms with E-state index in [1.165, 1.54) is 44.6 Å². The topological polar surface area (TPSA) is 385 Å². The van der Waals surface area contributed by atoms with Crippen molar-refractivity contribution in [3.8, 4) is 11.8 Å². The standard InChI is InChI=1S/C43H59N6O20P3S4/c1-27(75-73-3)31-11-5-6-12-33(31)42(53)67-35-23-39(66-36(35)25-65-71(58,59)69-72(60,61)68-70(55,56)57)49-24-29(40(45)48-43(49)54)10-9-17-46-37(50)13-7-8-18-64-41(52)34-22-30(14-15-32(34)28(2)76-74-4)47-38(51)26-63-21-20-62-19-16-44/h5-6,11-12,14-15,22,24,27-28,35-36,39H,7-8,13,16-21,23,25-26,44H2,1-4H3,(H,46,50)(H,47,51)(H,58,59)(H,60,61)(H2,45,48,54)(H2,55,56,57)/t27?,28?,35?,36-,39-/m1/s1. The van der Waals surface area contributed by atoms with Crippen LogP contribution in [0.3, 0.4) is 0 Å². The van der Waals surface area contributed by atoms with E-state index >= 15 is 0 Å². The number of phosphoric acid groups is 3. The summed E-state index contributed by atoms with van der Waals surface area (Å²) in [5, 5.41) is 5.09. The Morgan fingerprint density at radius 2 is 1.57 bits per heavy atom. The summed E-state index contributed by atoms with van der Waals surface area (Å²) in [6.45, 7) is 3.64. The first-order chi connectivity index (χ1) is 36.0. The number of carbonyl (C=O) groups excluding carboxylic acids is 4. The lowest BCUT2D eigenvalue weighted by Gasteiger charge is -2.22. The molecule has 1 aromatic heterocycles. The number of nitrogens with two attached hydrogens (primary N) is 2. The van der Waals surface area contributed by atoms with E-state index < -0.39 is 72.0 Å². The highest BCUT2D eigenvalue weighted by molar-refractivity contribution is 8.76. The summed E-state index contributed by atoms with van der Waals surface area (Å²) in [4.78, 5) is 107. The summed E-state index contributed by atoms with van der Waals surface area (Å²) in [7, 11) is -11.2. The second-order valence-corrected chi connectivity index (χ2v) is 25.8. The van der Waals surface area contributed by atoms with E-state index in [-0.39, 0.29) is 84.7 Å². The van der Waals surface area contributed by atoms with Crippen LogP contribution in [0.25, 0.3) is 0 Å². The van der Waals surface area contributed by atoms with Gasteiger partial charge in [0.1, 0.15) is 30.9 Å². The SMILES string of the molecule is CSSC(C)c1ccc(NC(=O)COCCOCCN)cc1C(=O)OCCCCC(=O)NCC#Cc1cn([C@H]2CC(OC(=O)c3ccccc3C(C)SSC)[C@@H](COP(=O)(O)OP(=O)(O)OP(=O)(O)O)O2)c(=O)nc1N. The molecule has 1 fully saturated rings. The molecule has 5 unspecified atom stereocenters. The smallest absolute Gasteiger partial charge is 0.462 e. The Bertz CT molecular complexity index is 2750. The number of carbonyl (C=O) groups is 4. The third-order valence-corrected chi connectivity index (χ3v) is 18.3. The fourth-order valence-electron chi connectivity index (χ4n) is 6.86. The highest BCUT2D eigenvalue weighted by atomic mass is 33.1. The maximum absolute atomic E-state index is 13.7. The fraction of sp³-hybridized carbons (Fsp3) is 0.488. The van der Waals surface area contributed by atoms with E-state index in [2.05, 4.69) is 36.1 Å². The van der Waals surface area contributed by atoms with Gasteiger partial charge >= 0.3 is 41.1 Å². The first-order valence-corrected chi connectivity index (χ1v) is 32.5. The van der Waals surface area contributed by atoms with Crippen LogP contribution in [0.2, 0.25) is 0 Å². The van der Waals surface area contributed by atoms with Gasteiger partial charge in [-0.25, -0.2) is 28.1 Å². The third-order valence-electron chi connectivity index (χ3n) is 10.1. The molecule has 10 N–H and O–H groups in total. The van der Waals surface area contributed by atoms with Gasteiger partial charge in [-0.2, -0.15) is 13.6 Å². The van der Waals surface area contributed by atoms with Gasteiger partial charge in [0.2, 0.25) is 11.8 Å². The summed E-state index contributed by atoms with van der Waals surface area (Å²) in [5.41, 5.74) is 12.6. The summed E-state index contributed by atoms with van der Waals surface area (Å²) >= 11 is 0. The van der Waals surface area contributed by atoms with Gasteiger partial charge in [0.05, 0.1) is 56.3 Å². The van der Waals surface area contributed by atoms with Gasteiger partial charge in [0, 0.05) is 41.8 Å². The minimum absolute atomic E-state index is 0.00132. The molecule has 2 amide bonds. The number of hydrogen-bond acceptors (Lipinski definition) is 23. The zero-order chi connectivity index (χ0) is 56.1. The van der Waals surface area contributed by atoms with Gasteiger partial charge in [-0.05, 0) is 68.5 Å². The second-order valence-electron chi connectivity index (χ2n) is 15.8. The van der Waals surface area contributed by atoms with Crippen molar-refractivity contribution in [3.05, 3.63) is 87.0 Å².